The molecule has 2 rings (SSSR count). The molecule has 100 valence electrons. The Labute approximate surface area is 114 Å². The number of rotatable bonds is 4. The number of hydrogen-bond donors (Lipinski definition) is 2. The molecule has 2 N–H and O–H groups in total. The van der Waals surface area contributed by atoms with Gasteiger partial charge in [0.25, 0.3) is 0 Å². The molecular weight excluding hydrogens is 250 g/mol. The van der Waals surface area contributed by atoms with Crippen LogP contribution in [0.4, 0.5) is 5.69 Å². The lowest BCUT2D eigenvalue weighted by atomic mass is 10.0. The topological polar surface area (TPSA) is 54.0 Å². The van der Waals surface area contributed by atoms with Crippen molar-refractivity contribution in [3.05, 3.63) is 24.0 Å². The number of aromatic nitrogens is 1. The first-order valence-corrected chi connectivity index (χ1v) is 6.17. The predicted molar refractivity (Wildman–Crippen MR) is 75.1 cm³/mol. The Kier molecular flexibility index (Phi) is 6.09. The van der Waals surface area contributed by atoms with Crippen LogP contribution in [0.1, 0.15) is 25.0 Å². The Hall–Kier alpha value is -1.13. The molecule has 2 heterocycles. The first-order chi connectivity index (χ1) is 8.24. The fourth-order valence-electron chi connectivity index (χ4n) is 2.06. The molecule has 1 atom stereocenters. The van der Waals surface area contributed by atoms with Gasteiger partial charge in [-0.15, -0.1) is 12.4 Å². The Morgan fingerprint density at radius 3 is 3.00 bits per heavy atom. The molecule has 4 nitrogen and oxygen atoms in total. The quantitative estimate of drug-likeness (QED) is 0.881. The maximum absolute atomic E-state index is 11.7. The summed E-state index contributed by atoms with van der Waals surface area (Å²) in [4.78, 5) is 15.8. The summed E-state index contributed by atoms with van der Waals surface area (Å²) in [6.07, 6.45) is 4.46. The number of pyridine rings is 1. The second-order valence-corrected chi connectivity index (χ2v) is 4.63. The van der Waals surface area contributed by atoms with Gasteiger partial charge in [-0.2, -0.15) is 0 Å². The van der Waals surface area contributed by atoms with Crippen molar-refractivity contribution in [1.29, 1.82) is 0 Å². The van der Waals surface area contributed by atoms with Crippen LogP contribution in [0.25, 0.3) is 0 Å². The molecule has 5 heteroatoms. The van der Waals surface area contributed by atoms with Gasteiger partial charge in [0, 0.05) is 12.1 Å². The molecule has 0 radical (unpaired) electrons. The summed E-state index contributed by atoms with van der Waals surface area (Å²) in [6, 6.07) is 3.79. The van der Waals surface area contributed by atoms with E-state index < -0.39 is 0 Å². The van der Waals surface area contributed by atoms with Crippen LogP contribution in [0.5, 0.6) is 0 Å². The SMILES string of the molecule is Cc1ccc(NC(=O)CCC2CCNC2)cn1.Cl. The Morgan fingerprint density at radius 1 is 1.56 bits per heavy atom. The molecule has 1 saturated heterocycles. The van der Waals surface area contributed by atoms with Crippen molar-refractivity contribution >= 4 is 24.0 Å². The fourth-order valence-corrected chi connectivity index (χ4v) is 2.06. The van der Waals surface area contributed by atoms with Gasteiger partial charge >= 0.3 is 0 Å². The van der Waals surface area contributed by atoms with E-state index in [1.807, 2.05) is 19.1 Å². The van der Waals surface area contributed by atoms with Crippen LogP contribution in [0.15, 0.2) is 18.3 Å². The van der Waals surface area contributed by atoms with Gasteiger partial charge in [-0.1, -0.05) is 0 Å². The average Bonchev–Trinajstić information content (AvgIpc) is 2.83. The lowest BCUT2D eigenvalue weighted by Gasteiger charge is -2.08. The van der Waals surface area contributed by atoms with Crippen molar-refractivity contribution in [2.24, 2.45) is 5.92 Å². The summed E-state index contributed by atoms with van der Waals surface area (Å²) in [5.41, 5.74) is 1.74. The molecule has 1 aliphatic rings. The first-order valence-electron chi connectivity index (χ1n) is 6.17. The molecule has 1 fully saturated rings. The third-order valence-corrected chi connectivity index (χ3v) is 3.14. The molecule has 1 aromatic rings. The molecule has 1 unspecified atom stereocenters. The Balaban J connectivity index is 0.00000162. The highest BCUT2D eigenvalue weighted by Crippen LogP contribution is 2.15. The number of nitrogens with one attached hydrogen (secondary N) is 2. The number of hydrogen-bond acceptors (Lipinski definition) is 3. The predicted octanol–water partition coefficient (Wildman–Crippen LogP) is 2.14. The highest BCUT2D eigenvalue weighted by molar-refractivity contribution is 5.90. The van der Waals surface area contributed by atoms with Crippen molar-refractivity contribution in [2.45, 2.75) is 26.2 Å². The zero-order chi connectivity index (χ0) is 12.1. The summed E-state index contributed by atoms with van der Waals surface area (Å²) in [6.45, 7) is 4.08. The van der Waals surface area contributed by atoms with Gasteiger partial charge in [0.2, 0.25) is 5.91 Å². The molecule has 1 aliphatic heterocycles. The third-order valence-electron chi connectivity index (χ3n) is 3.14. The number of carbonyl (C=O) groups is 1. The fraction of sp³-hybridized carbons (Fsp3) is 0.538. The van der Waals surface area contributed by atoms with Gasteiger partial charge in [0.05, 0.1) is 11.9 Å². The van der Waals surface area contributed by atoms with Crippen molar-refractivity contribution in [1.82, 2.24) is 10.3 Å². The zero-order valence-electron chi connectivity index (χ0n) is 10.6. The van der Waals surface area contributed by atoms with Crippen LogP contribution in [-0.4, -0.2) is 24.0 Å². The number of nitrogens with zero attached hydrogens (tertiary/aromatic N) is 1. The molecule has 0 spiro atoms. The van der Waals surface area contributed by atoms with Crippen LogP contribution in [0, 0.1) is 12.8 Å². The number of carbonyl (C=O) groups excluding carboxylic acids is 1. The van der Waals surface area contributed by atoms with Gasteiger partial charge in [0.15, 0.2) is 0 Å². The minimum Gasteiger partial charge on any atom is -0.325 e. The summed E-state index contributed by atoms with van der Waals surface area (Å²) >= 11 is 0. The van der Waals surface area contributed by atoms with Crippen molar-refractivity contribution in [3.8, 4) is 0 Å². The van der Waals surface area contributed by atoms with Crippen LogP contribution in [0.3, 0.4) is 0 Å². The van der Waals surface area contributed by atoms with E-state index in [2.05, 4.69) is 15.6 Å². The molecule has 0 aliphatic carbocycles. The van der Waals surface area contributed by atoms with Crippen LogP contribution < -0.4 is 10.6 Å². The maximum atomic E-state index is 11.7. The maximum Gasteiger partial charge on any atom is 0.224 e. The molecule has 1 aromatic heterocycles. The monoisotopic (exact) mass is 269 g/mol. The molecule has 0 aromatic carbocycles. The second-order valence-electron chi connectivity index (χ2n) is 4.63. The number of anilines is 1. The highest BCUT2D eigenvalue weighted by atomic mass is 35.5. The normalized spacial score (nSPS) is 18.2. The summed E-state index contributed by atoms with van der Waals surface area (Å²) in [5.74, 6) is 0.749. The van der Waals surface area contributed by atoms with E-state index in [9.17, 15) is 4.79 Å². The molecule has 0 saturated carbocycles. The zero-order valence-corrected chi connectivity index (χ0v) is 11.4. The van der Waals surface area contributed by atoms with Gasteiger partial charge in [-0.3, -0.25) is 9.78 Å². The number of aryl methyl sites for hydroxylation is 1. The van der Waals surface area contributed by atoms with E-state index in [4.69, 9.17) is 0 Å². The molecular formula is C13H20ClN3O. The molecule has 0 bridgehead atoms. The Morgan fingerprint density at radius 2 is 2.39 bits per heavy atom. The van der Waals surface area contributed by atoms with Crippen molar-refractivity contribution < 1.29 is 4.79 Å². The van der Waals surface area contributed by atoms with E-state index in [-0.39, 0.29) is 18.3 Å². The van der Waals surface area contributed by atoms with Gasteiger partial charge < -0.3 is 10.6 Å². The van der Waals surface area contributed by atoms with Crippen LogP contribution in [-0.2, 0) is 4.79 Å². The lowest BCUT2D eigenvalue weighted by Crippen LogP contribution is -2.15. The van der Waals surface area contributed by atoms with E-state index in [1.54, 1.807) is 6.20 Å². The summed E-state index contributed by atoms with van der Waals surface area (Å²) in [7, 11) is 0. The summed E-state index contributed by atoms with van der Waals surface area (Å²) in [5, 5.41) is 6.18. The molecule has 18 heavy (non-hydrogen) atoms. The number of halogens is 1. The second kappa shape index (κ2) is 7.34. The summed E-state index contributed by atoms with van der Waals surface area (Å²) < 4.78 is 0. The minimum atomic E-state index is 0. The number of amides is 1. The van der Waals surface area contributed by atoms with E-state index in [1.165, 1.54) is 6.42 Å². The van der Waals surface area contributed by atoms with Crippen LogP contribution >= 0.6 is 12.4 Å². The van der Waals surface area contributed by atoms with E-state index in [0.29, 0.717) is 12.3 Å². The highest BCUT2D eigenvalue weighted by Gasteiger charge is 2.15. The largest absolute Gasteiger partial charge is 0.325 e. The van der Waals surface area contributed by atoms with Crippen LogP contribution in [0.2, 0.25) is 0 Å². The third kappa shape index (κ3) is 4.63. The lowest BCUT2D eigenvalue weighted by molar-refractivity contribution is -0.116. The van der Waals surface area contributed by atoms with Crippen molar-refractivity contribution in [2.75, 3.05) is 18.4 Å². The van der Waals surface area contributed by atoms with E-state index >= 15 is 0 Å². The van der Waals surface area contributed by atoms with Gasteiger partial charge in [0.1, 0.15) is 0 Å². The van der Waals surface area contributed by atoms with Gasteiger partial charge in [-0.25, -0.2) is 0 Å². The first kappa shape index (κ1) is 14.9. The smallest absolute Gasteiger partial charge is 0.224 e. The van der Waals surface area contributed by atoms with E-state index in [0.717, 1.165) is 30.9 Å². The van der Waals surface area contributed by atoms with Gasteiger partial charge in [-0.05, 0) is 50.9 Å². The minimum absolute atomic E-state index is 0. The Bertz CT molecular complexity index is 374. The average molecular weight is 270 g/mol. The molecule has 1 amide bonds. The van der Waals surface area contributed by atoms with Crippen molar-refractivity contribution in [3.63, 3.8) is 0 Å². The standard InChI is InChI=1S/C13H19N3O.ClH/c1-10-2-4-12(9-15-10)16-13(17)5-3-11-6-7-14-8-11;/h2,4,9,11,14H,3,5-8H2,1H3,(H,16,17);1H.